The van der Waals surface area contributed by atoms with Crippen molar-refractivity contribution >= 4 is 11.7 Å². The van der Waals surface area contributed by atoms with Gasteiger partial charge in [0, 0.05) is 19.2 Å². The van der Waals surface area contributed by atoms with Crippen molar-refractivity contribution in [3.8, 4) is 0 Å². The molecule has 0 fully saturated rings. The van der Waals surface area contributed by atoms with Gasteiger partial charge in [-0.3, -0.25) is 4.79 Å². The molecular formula is C13H22N4O. The van der Waals surface area contributed by atoms with Crippen LogP contribution in [0.5, 0.6) is 0 Å². The highest BCUT2D eigenvalue weighted by Gasteiger charge is 2.09. The maximum absolute atomic E-state index is 11.8. The van der Waals surface area contributed by atoms with E-state index in [-0.39, 0.29) is 5.91 Å². The van der Waals surface area contributed by atoms with Gasteiger partial charge in [0.1, 0.15) is 17.3 Å². The predicted molar refractivity (Wildman–Crippen MR) is 72.7 cm³/mol. The monoisotopic (exact) mass is 250 g/mol. The van der Waals surface area contributed by atoms with E-state index < -0.39 is 0 Å². The summed E-state index contributed by atoms with van der Waals surface area (Å²) in [5, 5.41) is 6.02. The molecule has 1 heterocycles. The molecule has 1 aromatic heterocycles. The number of carbonyl (C=O) groups excluding carboxylic acids is 1. The molecule has 100 valence electrons. The Morgan fingerprint density at radius 2 is 2.11 bits per heavy atom. The molecule has 0 saturated heterocycles. The second-order valence-corrected chi connectivity index (χ2v) is 4.72. The fraction of sp³-hybridized carbons (Fsp3) is 0.615. The SMILES string of the molecule is CCCNC(=O)c1cc(NCC(C)C)nc(C)n1. The zero-order valence-electron chi connectivity index (χ0n) is 11.6. The van der Waals surface area contributed by atoms with E-state index in [0.29, 0.717) is 29.8 Å². The number of amides is 1. The molecule has 1 aromatic rings. The van der Waals surface area contributed by atoms with Crippen LogP contribution in [-0.2, 0) is 0 Å². The summed E-state index contributed by atoms with van der Waals surface area (Å²) in [6.45, 7) is 9.53. The second-order valence-electron chi connectivity index (χ2n) is 4.72. The Bertz CT molecular complexity index is 404. The lowest BCUT2D eigenvalue weighted by molar-refractivity contribution is 0.0948. The largest absolute Gasteiger partial charge is 0.370 e. The van der Waals surface area contributed by atoms with E-state index in [1.807, 2.05) is 6.92 Å². The van der Waals surface area contributed by atoms with Crippen molar-refractivity contribution in [2.75, 3.05) is 18.4 Å². The molecule has 1 rings (SSSR count). The fourth-order valence-electron chi connectivity index (χ4n) is 1.41. The fourth-order valence-corrected chi connectivity index (χ4v) is 1.41. The molecular weight excluding hydrogens is 228 g/mol. The molecule has 2 N–H and O–H groups in total. The van der Waals surface area contributed by atoms with E-state index in [0.717, 1.165) is 13.0 Å². The van der Waals surface area contributed by atoms with Crippen molar-refractivity contribution in [3.63, 3.8) is 0 Å². The Labute approximate surface area is 108 Å². The molecule has 5 heteroatoms. The van der Waals surface area contributed by atoms with Gasteiger partial charge in [0.15, 0.2) is 0 Å². The highest BCUT2D eigenvalue weighted by Crippen LogP contribution is 2.07. The van der Waals surface area contributed by atoms with E-state index in [4.69, 9.17) is 0 Å². The van der Waals surface area contributed by atoms with Crippen molar-refractivity contribution in [1.29, 1.82) is 0 Å². The van der Waals surface area contributed by atoms with Gasteiger partial charge in [-0.1, -0.05) is 20.8 Å². The van der Waals surface area contributed by atoms with Crippen molar-refractivity contribution in [2.24, 2.45) is 5.92 Å². The number of rotatable bonds is 6. The quantitative estimate of drug-likeness (QED) is 0.810. The van der Waals surface area contributed by atoms with Crippen LogP contribution in [0.25, 0.3) is 0 Å². The number of anilines is 1. The van der Waals surface area contributed by atoms with Gasteiger partial charge in [0.2, 0.25) is 0 Å². The molecule has 5 nitrogen and oxygen atoms in total. The van der Waals surface area contributed by atoms with Crippen LogP contribution in [0.2, 0.25) is 0 Å². The molecule has 0 aliphatic rings. The highest BCUT2D eigenvalue weighted by molar-refractivity contribution is 5.92. The van der Waals surface area contributed by atoms with Gasteiger partial charge in [-0.2, -0.15) is 0 Å². The minimum atomic E-state index is -0.144. The summed E-state index contributed by atoms with van der Waals surface area (Å²) in [6, 6.07) is 1.69. The van der Waals surface area contributed by atoms with Crippen LogP contribution in [0.4, 0.5) is 5.82 Å². The van der Waals surface area contributed by atoms with Crippen molar-refractivity contribution in [2.45, 2.75) is 34.1 Å². The van der Waals surface area contributed by atoms with Crippen LogP contribution >= 0.6 is 0 Å². The lowest BCUT2D eigenvalue weighted by Gasteiger charge is -2.10. The molecule has 18 heavy (non-hydrogen) atoms. The number of hydrogen-bond donors (Lipinski definition) is 2. The average molecular weight is 250 g/mol. The third-order valence-corrected chi connectivity index (χ3v) is 2.30. The maximum Gasteiger partial charge on any atom is 0.270 e. The van der Waals surface area contributed by atoms with E-state index in [1.54, 1.807) is 13.0 Å². The Morgan fingerprint density at radius 3 is 2.72 bits per heavy atom. The molecule has 0 aliphatic carbocycles. The molecule has 0 bridgehead atoms. The van der Waals surface area contributed by atoms with Gasteiger partial charge >= 0.3 is 0 Å². The smallest absolute Gasteiger partial charge is 0.270 e. The molecule has 1 amide bonds. The highest BCUT2D eigenvalue weighted by atomic mass is 16.1. The van der Waals surface area contributed by atoms with Crippen LogP contribution in [0.1, 0.15) is 43.5 Å². The Balaban J connectivity index is 2.76. The minimum absolute atomic E-state index is 0.144. The summed E-state index contributed by atoms with van der Waals surface area (Å²) >= 11 is 0. The molecule has 0 aliphatic heterocycles. The van der Waals surface area contributed by atoms with Gasteiger partial charge in [-0.25, -0.2) is 9.97 Å². The summed E-state index contributed by atoms with van der Waals surface area (Å²) in [5.74, 6) is 1.69. The van der Waals surface area contributed by atoms with E-state index in [9.17, 15) is 4.79 Å². The lowest BCUT2D eigenvalue weighted by atomic mass is 10.2. The Morgan fingerprint density at radius 1 is 1.39 bits per heavy atom. The maximum atomic E-state index is 11.8. The van der Waals surface area contributed by atoms with Gasteiger partial charge < -0.3 is 10.6 Å². The first-order chi connectivity index (χ1) is 8.52. The van der Waals surface area contributed by atoms with Crippen molar-refractivity contribution in [3.05, 3.63) is 17.6 Å². The number of aromatic nitrogens is 2. The van der Waals surface area contributed by atoms with Crippen molar-refractivity contribution in [1.82, 2.24) is 15.3 Å². The predicted octanol–water partition coefficient (Wildman–Crippen LogP) is 1.99. The molecule has 0 aromatic carbocycles. The van der Waals surface area contributed by atoms with Crippen LogP contribution < -0.4 is 10.6 Å². The zero-order chi connectivity index (χ0) is 13.5. The number of aryl methyl sites for hydroxylation is 1. The third-order valence-electron chi connectivity index (χ3n) is 2.30. The first-order valence-electron chi connectivity index (χ1n) is 6.40. The summed E-state index contributed by atoms with van der Waals surface area (Å²) in [7, 11) is 0. The van der Waals surface area contributed by atoms with Crippen LogP contribution in [-0.4, -0.2) is 29.0 Å². The van der Waals surface area contributed by atoms with Crippen LogP contribution in [0, 0.1) is 12.8 Å². The molecule has 0 atom stereocenters. The molecule has 0 radical (unpaired) electrons. The first kappa shape index (κ1) is 14.4. The number of nitrogens with zero attached hydrogens (tertiary/aromatic N) is 2. The average Bonchev–Trinajstić information content (AvgIpc) is 2.32. The summed E-state index contributed by atoms with van der Waals surface area (Å²) in [4.78, 5) is 20.2. The van der Waals surface area contributed by atoms with Crippen LogP contribution in [0.3, 0.4) is 0 Å². The van der Waals surface area contributed by atoms with Gasteiger partial charge in [0.05, 0.1) is 0 Å². The van der Waals surface area contributed by atoms with Gasteiger partial charge in [0.25, 0.3) is 5.91 Å². The zero-order valence-corrected chi connectivity index (χ0v) is 11.6. The minimum Gasteiger partial charge on any atom is -0.370 e. The van der Waals surface area contributed by atoms with E-state index >= 15 is 0 Å². The molecule has 0 unspecified atom stereocenters. The Kier molecular flexibility index (Phi) is 5.55. The first-order valence-corrected chi connectivity index (χ1v) is 6.40. The van der Waals surface area contributed by atoms with Crippen LogP contribution in [0.15, 0.2) is 6.07 Å². The summed E-state index contributed by atoms with van der Waals surface area (Å²) in [5.41, 5.74) is 0.419. The Hall–Kier alpha value is -1.65. The second kappa shape index (κ2) is 6.93. The van der Waals surface area contributed by atoms with E-state index in [1.165, 1.54) is 0 Å². The number of carbonyl (C=O) groups is 1. The van der Waals surface area contributed by atoms with Crippen molar-refractivity contribution < 1.29 is 4.79 Å². The topological polar surface area (TPSA) is 66.9 Å². The third kappa shape index (κ3) is 4.69. The summed E-state index contributed by atoms with van der Waals surface area (Å²) in [6.07, 6.45) is 0.911. The van der Waals surface area contributed by atoms with E-state index in [2.05, 4.69) is 34.4 Å². The van der Waals surface area contributed by atoms with Gasteiger partial charge in [-0.15, -0.1) is 0 Å². The molecule has 0 spiro atoms. The lowest BCUT2D eigenvalue weighted by Crippen LogP contribution is -2.25. The normalized spacial score (nSPS) is 10.5. The number of hydrogen-bond acceptors (Lipinski definition) is 4. The standard InChI is InChI=1S/C13H22N4O/c1-5-6-14-13(18)11-7-12(15-8-9(2)3)17-10(4)16-11/h7,9H,5-6,8H2,1-4H3,(H,14,18)(H,15,16,17). The summed E-state index contributed by atoms with van der Waals surface area (Å²) < 4.78 is 0. The molecule has 0 saturated carbocycles. The van der Waals surface area contributed by atoms with Gasteiger partial charge in [-0.05, 0) is 19.3 Å². The number of nitrogens with one attached hydrogen (secondary N) is 2.